The molecule has 3 aromatic carbocycles. The monoisotopic (exact) mass is 692 g/mol. The number of hydrogen-bond acceptors (Lipinski definition) is 8. The van der Waals surface area contributed by atoms with Gasteiger partial charge >= 0.3 is 5.97 Å². The number of benzene rings is 3. The first kappa shape index (κ1) is 35.7. The number of esters is 1. The zero-order valence-electron chi connectivity index (χ0n) is 29.0. The maximum absolute atomic E-state index is 14.2. The molecule has 0 aromatic heterocycles. The average molecular weight is 693 g/mol. The van der Waals surface area contributed by atoms with Gasteiger partial charge in [0.15, 0.2) is 5.60 Å². The highest BCUT2D eigenvalue weighted by Crippen LogP contribution is 2.47. The van der Waals surface area contributed by atoms with E-state index in [2.05, 4.69) is 5.10 Å². The highest BCUT2D eigenvalue weighted by atomic mass is 16.5. The highest BCUT2D eigenvalue weighted by Gasteiger charge is 2.52. The number of hydrogen-bond donors (Lipinski definition) is 2. The second-order valence-electron chi connectivity index (χ2n) is 13.3. The Bertz CT molecular complexity index is 1860. The highest BCUT2D eigenvalue weighted by molar-refractivity contribution is 6.10. The summed E-state index contributed by atoms with van der Waals surface area (Å²) in [6.07, 6.45) is 5.89. The standard InChI is InChI=1S/C40H44N4O7/c1-27(11-10-16-36(46)43-25-30-15-7-6-14-29(30)23-32(43)26-45)40(50)33-24-31(44-37(47)21-19-34(41-44)28-12-4-3-5-13-28)18-20-35(33)42(39(40)49)22-9-8-17-38(48)51-2/h3-7,10-15,18,20,24,27,32,45,50H,8-9,16-17,19,21-23,25-26H2,1-2H3/b11-10+/t27-,32-,40+/m0/s1. The minimum atomic E-state index is -2.00. The number of nitrogens with zero attached hydrogens (tertiary/aromatic N) is 4. The Balaban J connectivity index is 1.26. The van der Waals surface area contributed by atoms with Gasteiger partial charge in [-0.05, 0) is 54.2 Å². The lowest BCUT2D eigenvalue weighted by molar-refractivity contribution is -0.140. The molecule has 3 heterocycles. The van der Waals surface area contributed by atoms with E-state index in [0.29, 0.717) is 49.2 Å². The zero-order valence-corrected chi connectivity index (χ0v) is 29.0. The van der Waals surface area contributed by atoms with E-state index in [9.17, 15) is 29.4 Å². The van der Waals surface area contributed by atoms with Crippen LogP contribution in [0.15, 0.2) is 90.0 Å². The molecule has 0 saturated carbocycles. The van der Waals surface area contributed by atoms with Gasteiger partial charge in [0.2, 0.25) is 11.8 Å². The van der Waals surface area contributed by atoms with Crippen LogP contribution >= 0.6 is 0 Å². The van der Waals surface area contributed by atoms with Crippen LogP contribution in [0.1, 0.15) is 67.7 Å². The van der Waals surface area contributed by atoms with Crippen molar-refractivity contribution in [2.75, 3.05) is 30.2 Å². The maximum atomic E-state index is 14.2. The molecule has 266 valence electrons. The molecule has 3 aliphatic rings. The van der Waals surface area contributed by atoms with Crippen molar-refractivity contribution < 1.29 is 34.1 Å². The summed E-state index contributed by atoms with van der Waals surface area (Å²) in [4.78, 5) is 55.7. The summed E-state index contributed by atoms with van der Waals surface area (Å²) in [5.41, 5.74) is 3.11. The number of fused-ring (bicyclic) bond motifs is 2. The minimum absolute atomic E-state index is 0.0245. The maximum Gasteiger partial charge on any atom is 0.305 e. The van der Waals surface area contributed by atoms with Gasteiger partial charge in [-0.2, -0.15) is 5.10 Å². The molecule has 3 amide bonds. The fourth-order valence-corrected chi connectivity index (χ4v) is 7.19. The third-order valence-electron chi connectivity index (χ3n) is 10.1. The third-order valence-corrected chi connectivity index (χ3v) is 10.1. The molecule has 0 fully saturated rings. The van der Waals surface area contributed by atoms with Gasteiger partial charge in [0, 0.05) is 50.3 Å². The van der Waals surface area contributed by atoms with Crippen LogP contribution in [0.25, 0.3) is 0 Å². The van der Waals surface area contributed by atoms with Crippen LogP contribution in [0.4, 0.5) is 11.4 Å². The van der Waals surface area contributed by atoms with Crippen LogP contribution in [0.3, 0.4) is 0 Å². The predicted octanol–water partition coefficient (Wildman–Crippen LogP) is 4.62. The summed E-state index contributed by atoms with van der Waals surface area (Å²) in [6.45, 7) is 2.23. The summed E-state index contributed by atoms with van der Waals surface area (Å²) in [6, 6.07) is 22.3. The van der Waals surface area contributed by atoms with Crippen molar-refractivity contribution in [2.24, 2.45) is 11.0 Å². The van der Waals surface area contributed by atoms with E-state index in [0.717, 1.165) is 22.4 Å². The number of amides is 3. The lowest BCUT2D eigenvalue weighted by Crippen LogP contribution is -2.46. The van der Waals surface area contributed by atoms with E-state index >= 15 is 0 Å². The fourth-order valence-electron chi connectivity index (χ4n) is 7.19. The molecular formula is C40H44N4O7. The van der Waals surface area contributed by atoms with E-state index in [1.54, 1.807) is 42.2 Å². The molecule has 0 bridgehead atoms. The van der Waals surface area contributed by atoms with Gasteiger partial charge in [-0.1, -0.05) is 73.7 Å². The van der Waals surface area contributed by atoms with Gasteiger partial charge in [-0.25, -0.2) is 5.01 Å². The summed E-state index contributed by atoms with van der Waals surface area (Å²) in [5.74, 6) is -1.98. The molecule has 51 heavy (non-hydrogen) atoms. The fraction of sp³-hybridized carbons (Fsp3) is 0.375. The van der Waals surface area contributed by atoms with E-state index in [1.807, 2.05) is 54.6 Å². The number of unbranched alkanes of at least 4 members (excludes halogenated alkanes) is 1. The summed E-state index contributed by atoms with van der Waals surface area (Å²) in [7, 11) is 1.33. The molecule has 11 heteroatoms. The minimum Gasteiger partial charge on any atom is -0.469 e. The van der Waals surface area contributed by atoms with Crippen LogP contribution < -0.4 is 9.91 Å². The van der Waals surface area contributed by atoms with Crippen LogP contribution in [0.5, 0.6) is 0 Å². The zero-order chi connectivity index (χ0) is 36.1. The Morgan fingerprint density at radius 1 is 1.02 bits per heavy atom. The Kier molecular flexibility index (Phi) is 10.8. The van der Waals surface area contributed by atoms with Gasteiger partial charge in [0.1, 0.15) is 0 Å². The van der Waals surface area contributed by atoms with E-state index in [1.165, 1.54) is 17.0 Å². The van der Waals surface area contributed by atoms with Crippen molar-refractivity contribution in [2.45, 2.75) is 70.1 Å². The first-order chi connectivity index (χ1) is 24.6. The van der Waals surface area contributed by atoms with Gasteiger partial charge in [-0.3, -0.25) is 19.2 Å². The topological polar surface area (TPSA) is 140 Å². The molecule has 2 N–H and O–H groups in total. The lowest BCUT2D eigenvalue weighted by Gasteiger charge is -2.36. The quantitative estimate of drug-likeness (QED) is 0.160. The third kappa shape index (κ3) is 7.22. The normalized spacial score (nSPS) is 20.7. The van der Waals surface area contributed by atoms with Crippen LogP contribution in [0, 0.1) is 5.92 Å². The number of anilines is 2. The largest absolute Gasteiger partial charge is 0.469 e. The molecule has 3 aromatic rings. The van der Waals surface area contributed by atoms with Gasteiger partial charge in [-0.15, -0.1) is 0 Å². The number of aliphatic hydroxyl groups excluding tert-OH is 1. The lowest BCUT2D eigenvalue weighted by atomic mass is 9.82. The number of aliphatic hydroxyl groups is 2. The molecule has 0 saturated heterocycles. The molecule has 0 aliphatic carbocycles. The van der Waals surface area contributed by atoms with E-state index in [-0.39, 0.29) is 56.2 Å². The number of hydrazone groups is 1. The van der Waals surface area contributed by atoms with Crippen molar-refractivity contribution >= 4 is 40.8 Å². The summed E-state index contributed by atoms with van der Waals surface area (Å²) in [5, 5.41) is 28.5. The molecule has 3 aliphatic heterocycles. The van der Waals surface area contributed by atoms with Gasteiger partial charge < -0.3 is 24.7 Å². The molecule has 11 nitrogen and oxygen atoms in total. The smallest absolute Gasteiger partial charge is 0.305 e. The Morgan fingerprint density at radius 3 is 2.51 bits per heavy atom. The van der Waals surface area contributed by atoms with Crippen molar-refractivity contribution in [3.8, 4) is 0 Å². The van der Waals surface area contributed by atoms with Crippen molar-refractivity contribution in [1.82, 2.24) is 4.90 Å². The molecular weight excluding hydrogens is 648 g/mol. The molecule has 0 spiro atoms. The number of methoxy groups -OCH3 is 1. The molecule has 0 unspecified atom stereocenters. The summed E-state index contributed by atoms with van der Waals surface area (Å²) >= 11 is 0. The summed E-state index contributed by atoms with van der Waals surface area (Å²) < 4.78 is 4.75. The van der Waals surface area contributed by atoms with Crippen LogP contribution in [0.2, 0.25) is 0 Å². The molecule has 0 radical (unpaired) electrons. The van der Waals surface area contributed by atoms with Crippen molar-refractivity contribution in [1.29, 1.82) is 0 Å². The average Bonchev–Trinajstić information content (AvgIpc) is 3.38. The number of carbonyl (C=O) groups excluding carboxylic acids is 4. The van der Waals surface area contributed by atoms with Crippen molar-refractivity contribution in [3.05, 3.63) is 107 Å². The van der Waals surface area contributed by atoms with Crippen molar-refractivity contribution in [3.63, 3.8) is 0 Å². The predicted molar refractivity (Wildman–Crippen MR) is 193 cm³/mol. The molecule has 6 rings (SSSR count). The van der Waals surface area contributed by atoms with Gasteiger partial charge in [0.05, 0.1) is 36.8 Å². The Hall–Kier alpha value is -5.13. The molecule has 3 atom stereocenters. The first-order valence-corrected chi connectivity index (χ1v) is 17.5. The van der Waals surface area contributed by atoms with E-state index in [4.69, 9.17) is 4.74 Å². The second-order valence-corrected chi connectivity index (χ2v) is 13.3. The second kappa shape index (κ2) is 15.4. The van der Waals surface area contributed by atoms with Crippen LogP contribution in [-0.2, 0) is 42.5 Å². The van der Waals surface area contributed by atoms with Crippen LogP contribution in [-0.4, -0.2) is 70.8 Å². The number of rotatable bonds is 12. The Labute approximate surface area is 297 Å². The van der Waals surface area contributed by atoms with Gasteiger partial charge in [0.25, 0.3) is 5.91 Å². The number of carbonyl (C=O) groups is 4. The first-order valence-electron chi connectivity index (χ1n) is 17.5. The van der Waals surface area contributed by atoms with E-state index < -0.39 is 17.4 Å². The Morgan fingerprint density at radius 2 is 1.76 bits per heavy atom. The number of ether oxygens (including phenoxy) is 1. The SMILES string of the molecule is COC(=O)CCCCN1C(=O)[C@@](O)([C@@H](C)/C=C/CC(=O)N2Cc3ccccc3C[C@H]2CO)c2cc(N3N=C(c4ccccc4)CCC3=O)ccc21.